The second kappa shape index (κ2) is 7.77. The molecule has 1 amide bonds. The average molecular weight is 370 g/mol. The molecule has 1 saturated heterocycles. The Balaban J connectivity index is 1.55. The minimum atomic E-state index is -3.38. The lowest BCUT2D eigenvalue weighted by molar-refractivity contribution is -0.120. The molecule has 1 fully saturated rings. The van der Waals surface area contributed by atoms with E-state index in [1.54, 1.807) is 12.1 Å². The second-order valence-corrected chi connectivity index (χ2v) is 9.44. The molecule has 0 radical (unpaired) electrons. The highest BCUT2D eigenvalue weighted by Gasteiger charge is 2.28. The van der Waals surface area contributed by atoms with Crippen LogP contribution >= 0.6 is 11.3 Å². The quantitative estimate of drug-likeness (QED) is 0.737. The van der Waals surface area contributed by atoms with Gasteiger partial charge in [0.25, 0.3) is 10.0 Å². The van der Waals surface area contributed by atoms with Gasteiger partial charge in [0, 0.05) is 31.1 Å². The molecule has 132 valence electrons. The molecule has 8 heteroatoms. The Morgan fingerprint density at radius 2 is 2.08 bits per heavy atom. The van der Waals surface area contributed by atoms with Crippen LogP contribution in [-0.4, -0.2) is 51.4 Å². The number of hydrogen-bond acceptors (Lipinski definition) is 5. The molecule has 1 aromatic rings. The largest absolute Gasteiger partial charge is 0.352 e. The second-order valence-electron chi connectivity index (χ2n) is 6.10. The third kappa shape index (κ3) is 4.24. The van der Waals surface area contributed by atoms with E-state index in [0.717, 1.165) is 37.2 Å². The number of sulfonamides is 1. The predicted molar refractivity (Wildman–Crippen MR) is 94.6 cm³/mol. The lowest BCUT2D eigenvalue weighted by Gasteiger charge is -2.14. The highest BCUT2D eigenvalue weighted by atomic mass is 32.2. The van der Waals surface area contributed by atoms with Gasteiger partial charge in [-0.3, -0.25) is 4.79 Å². The van der Waals surface area contributed by atoms with Crippen LogP contribution in [0.1, 0.15) is 24.1 Å². The zero-order valence-corrected chi connectivity index (χ0v) is 15.2. The first kappa shape index (κ1) is 17.6. The lowest BCUT2D eigenvalue weighted by Crippen LogP contribution is -2.30. The maximum absolute atomic E-state index is 12.5. The number of hydrogen-bond donors (Lipinski definition) is 2. The van der Waals surface area contributed by atoms with E-state index in [1.165, 1.54) is 21.2 Å². The van der Waals surface area contributed by atoms with Crippen LogP contribution in [-0.2, 0) is 21.2 Å². The molecule has 0 aromatic carbocycles. The summed E-state index contributed by atoms with van der Waals surface area (Å²) in [6.45, 7) is 3.57. The van der Waals surface area contributed by atoms with Crippen LogP contribution in [0.2, 0.25) is 0 Å². The van der Waals surface area contributed by atoms with E-state index < -0.39 is 10.0 Å². The molecule has 0 spiro atoms. The van der Waals surface area contributed by atoms with Crippen molar-refractivity contribution in [3.8, 4) is 0 Å². The van der Waals surface area contributed by atoms with Crippen LogP contribution < -0.4 is 10.6 Å². The van der Waals surface area contributed by atoms with Crippen molar-refractivity contribution in [2.24, 2.45) is 0 Å². The number of thiophene rings is 1. The van der Waals surface area contributed by atoms with Gasteiger partial charge in [0.15, 0.2) is 0 Å². The van der Waals surface area contributed by atoms with Gasteiger partial charge in [0.1, 0.15) is 4.21 Å². The fourth-order valence-corrected chi connectivity index (χ4v) is 5.94. The summed E-state index contributed by atoms with van der Waals surface area (Å²) in [4.78, 5) is 12.8. The molecule has 2 aliphatic heterocycles. The van der Waals surface area contributed by atoms with Crippen LogP contribution in [0.5, 0.6) is 0 Å². The summed E-state index contributed by atoms with van der Waals surface area (Å²) in [5.74, 6) is -0.0681. The smallest absolute Gasteiger partial charge is 0.252 e. The van der Waals surface area contributed by atoms with Gasteiger partial charge >= 0.3 is 0 Å². The van der Waals surface area contributed by atoms with Crippen molar-refractivity contribution >= 4 is 27.3 Å². The van der Waals surface area contributed by atoms with Crippen LogP contribution in [0.3, 0.4) is 0 Å². The molecule has 0 unspecified atom stereocenters. The maximum atomic E-state index is 12.5. The monoisotopic (exact) mass is 369 g/mol. The molecule has 3 rings (SSSR count). The highest BCUT2D eigenvalue weighted by molar-refractivity contribution is 7.91. The van der Waals surface area contributed by atoms with E-state index in [0.29, 0.717) is 23.8 Å². The normalized spacial score (nSPS) is 19.2. The van der Waals surface area contributed by atoms with Gasteiger partial charge in [-0.15, -0.1) is 11.3 Å². The van der Waals surface area contributed by atoms with Crippen LogP contribution in [0.25, 0.3) is 0 Å². The van der Waals surface area contributed by atoms with Gasteiger partial charge in [0.05, 0.1) is 6.42 Å². The van der Waals surface area contributed by atoms with Crippen LogP contribution in [0, 0.1) is 0 Å². The zero-order valence-electron chi connectivity index (χ0n) is 13.6. The van der Waals surface area contributed by atoms with Crippen molar-refractivity contribution in [2.75, 3.05) is 32.7 Å². The van der Waals surface area contributed by atoms with Crippen molar-refractivity contribution in [3.05, 3.63) is 28.7 Å². The number of rotatable bonds is 6. The molecular formula is C16H23N3O3S2. The highest BCUT2D eigenvalue weighted by Crippen LogP contribution is 2.27. The number of nitrogens with zero attached hydrogens (tertiary/aromatic N) is 1. The molecular weight excluding hydrogens is 346 g/mol. The molecule has 2 aliphatic rings. The van der Waals surface area contributed by atoms with Gasteiger partial charge in [-0.05, 0) is 37.9 Å². The van der Waals surface area contributed by atoms with E-state index in [2.05, 4.69) is 16.7 Å². The third-order valence-electron chi connectivity index (χ3n) is 4.30. The molecule has 1 aromatic heterocycles. The average Bonchev–Trinajstić information content (AvgIpc) is 3.26. The van der Waals surface area contributed by atoms with Crippen molar-refractivity contribution in [1.29, 1.82) is 0 Å². The van der Waals surface area contributed by atoms with Crippen molar-refractivity contribution in [2.45, 2.75) is 29.9 Å². The maximum Gasteiger partial charge on any atom is 0.252 e. The Morgan fingerprint density at radius 3 is 2.79 bits per heavy atom. The minimum absolute atomic E-state index is 0.0681. The lowest BCUT2D eigenvalue weighted by atomic mass is 10.1. The van der Waals surface area contributed by atoms with Gasteiger partial charge < -0.3 is 10.6 Å². The number of amides is 1. The fourth-order valence-electron chi connectivity index (χ4n) is 2.91. The molecule has 6 nitrogen and oxygen atoms in total. The molecule has 3 heterocycles. The Hall–Kier alpha value is -1.22. The first-order valence-electron chi connectivity index (χ1n) is 8.30. The predicted octanol–water partition coefficient (Wildman–Crippen LogP) is 1.11. The van der Waals surface area contributed by atoms with Crippen molar-refractivity contribution in [3.63, 3.8) is 0 Å². The summed E-state index contributed by atoms with van der Waals surface area (Å²) >= 11 is 1.20. The zero-order chi connectivity index (χ0) is 17.0. The third-order valence-corrected chi connectivity index (χ3v) is 7.75. The summed E-state index contributed by atoms with van der Waals surface area (Å²) in [7, 11) is -3.38. The van der Waals surface area contributed by atoms with E-state index >= 15 is 0 Å². The molecule has 0 bridgehead atoms. The first-order valence-corrected chi connectivity index (χ1v) is 10.6. The van der Waals surface area contributed by atoms with E-state index in [4.69, 9.17) is 0 Å². The van der Waals surface area contributed by atoms with E-state index in [1.807, 2.05) is 0 Å². The number of carbonyl (C=O) groups excluding carboxylic acids is 1. The van der Waals surface area contributed by atoms with Gasteiger partial charge in [-0.1, -0.05) is 11.6 Å². The Bertz CT molecular complexity index is 719. The fraction of sp³-hybridized carbons (Fsp3) is 0.562. The Morgan fingerprint density at radius 1 is 1.29 bits per heavy atom. The molecule has 24 heavy (non-hydrogen) atoms. The molecule has 0 atom stereocenters. The molecule has 0 aliphatic carbocycles. The summed E-state index contributed by atoms with van der Waals surface area (Å²) in [6.07, 6.45) is 5.13. The van der Waals surface area contributed by atoms with Gasteiger partial charge in [-0.2, -0.15) is 4.31 Å². The van der Waals surface area contributed by atoms with Crippen molar-refractivity contribution < 1.29 is 13.2 Å². The number of carbonyl (C=O) groups is 1. The summed E-state index contributed by atoms with van der Waals surface area (Å²) in [5.41, 5.74) is 1.24. The summed E-state index contributed by atoms with van der Waals surface area (Å²) in [5, 5.41) is 6.15. The topological polar surface area (TPSA) is 78.5 Å². The standard InChI is InChI=1S/C16H23N3O3S2/c20-15(18-12-13-5-7-17-8-6-13)11-14-3-4-16(23-14)24(21,22)19-9-1-2-10-19/h3-5,17H,1-2,6-12H2,(H,18,20). The van der Waals surface area contributed by atoms with E-state index in [9.17, 15) is 13.2 Å². The van der Waals surface area contributed by atoms with Crippen LogP contribution in [0.4, 0.5) is 0 Å². The van der Waals surface area contributed by atoms with Crippen LogP contribution in [0.15, 0.2) is 28.0 Å². The Kier molecular flexibility index (Phi) is 5.70. The van der Waals surface area contributed by atoms with E-state index in [-0.39, 0.29) is 12.3 Å². The summed E-state index contributed by atoms with van der Waals surface area (Å²) < 4.78 is 26.9. The molecule has 0 saturated carbocycles. The molecule has 2 N–H and O–H groups in total. The summed E-state index contributed by atoms with van der Waals surface area (Å²) in [6, 6.07) is 3.37. The van der Waals surface area contributed by atoms with Gasteiger partial charge in [0.2, 0.25) is 5.91 Å². The SMILES string of the molecule is O=C(Cc1ccc(S(=O)(=O)N2CCCC2)s1)NCC1=CCNCC1. The number of nitrogens with one attached hydrogen (secondary N) is 2. The minimum Gasteiger partial charge on any atom is -0.352 e. The Labute approximate surface area is 147 Å². The first-order chi connectivity index (χ1) is 11.6. The van der Waals surface area contributed by atoms with Gasteiger partial charge in [-0.25, -0.2) is 8.42 Å². The van der Waals surface area contributed by atoms with Crippen molar-refractivity contribution in [1.82, 2.24) is 14.9 Å².